The van der Waals surface area contributed by atoms with E-state index in [1.165, 1.54) is 0 Å². The van der Waals surface area contributed by atoms with Crippen LogP contribution >= 0.6 is 11.6 Å². The van der Waals surface area contributed by atoms with Crippen molar-refractivity contribution >= 4 is 33.4 Å². The number of alkyl halides is 1. The minimum absolute atomic E-state index is 0.0350. The number of imidazole rings is 1. The Bertz CT molecular complexity index is 639. The fraction of sp³-hybridized carbons (Fsp3) is 0.500. The van der Waals surface area contributed by atoms with Gasteiger partial charge in [0.2, 0.25) is 0 Å². The quantitative estimate of drug-likeness (QED) is 0.797. The van der Waals surface area contributed by atoms with E-state index in [4.69, 9.17) is 16.3 Å². The topological polar surface area (TPSA) is 44.1 Å². The number of ether oxygens (including phenoxy) is 1. The van der Waals surface area contributed by atoms with E-state index in [0.717, 1.165) is 22.6 Å². The third-order valence-electron chi connectivity index (χ3n) is 3.35. The number of halogens is 1. The number of rotatable bonds is 5. The second-order valence-corrected chi connectivity index (χ2v) is 7.29. The molecule has 0 aliphatic heterocycles. The molecule has 0 radical (unpaired) electrons. The van der Waals surface area contributed by atoms with Gasteiger partial charge in [0.1, 0.15) is 17.1 Å². The highest BCUT2D eigenvalue weighted by molar-refractivity contribution is 7.84. The van der Waals surface area contributed by atoms with Gasteiger partial charge in [0, 0.05) is 28.9 Å². The zero-order valence-electron chi connectivity index (χ0n) is 12.1. The van der Waals surface area contributed by atoms with Gasteiger partial charge in [-0.2, -0.15) is 0 Å². The Kier molecular flexibility index (Phi) is 4.70. The average molecular weight is 315 g/mol. The number of methoxy groups -OCH3 is 1. The second-order valence-electron chi connectivity index (χ2n) is 4.83. The van der Waals surface area contributed by atoms with E-state index >= 15 is 0 Å². The Morgan fingerprint density at radius 1 is 1.45 bits per heavy atom. The molecule has 4 nitrogen and oxygen atoms in total. The van der Waals surface area contributed by atoms with Gasteiger partial charge in [-0.3, -0.25) is 4.21 Å². The number of hydrogen-bond acceptors (Lipinski definition) is 3. The van der Waals surface area contributed by atoms with Crippen LogP contribution in [0.3, 0.4) is 0 Å². The zero-order valence-corrected chi connectivity index (χ0v) is 13.7. The van der Waals surface area contributed by atoms with Gasteiger partial charge in [-0.25, -0.2) is 4.98 Å². The fourth-order valence-electron chi connectivity index (χ4n) is 2.16. The highest BCUT2D eigenvalue weighted by Crippen LogP contribution is 2.30. The summed E-state index contributed by atoms with van der Waals surface area (Å²) in [6.07, 6.45) is 1.72. The van der Waals surface area contributed by atoms with Crippen LogP contribution in [-0.2, 0) is 17.3 Å². The summed E-state index contributed by atoms with van der Waals surface area (Å²) in [5, 5.41) is -0.183. The van der Waals surface area contributed by atoms with Crippen LogP contribution < -0.4 is 4.74 Å². The summed E-state index contributed by atoms with van der Waals surface area (Å²) in [7, 11) is 0.737. The first-order valence-electron chi connectivity index (χ1n) is 6.45. The van der Waals surface area contributed by atoms with Crippen molar-refractivity contribution in [3.63, 3.8) is 0 Å². The summed E-state index contributed by atoms with van der Waals surface area (Å²) in [6.45, 7) is 4.48. The van der Waals surface area contributed by atoms with Crippen LogP contribution in [0.15, 0.2) is 18.2 Å². The van der Waals surface area contributed by atoms with Crippen molar-refractivity contribution in [2.45, 2.75) is 31.0 Å². The minimum atomic E-state index is -0.889. The van der Waals surface area contributed by atoms with Crippen LogP contribution in [-0.4, -0.2) is 32.4 Å². The molecular formula is C14H19ClN2O2S. The Balaban J connectivity index is 2.60. The maximum Gasteiger partial charge on any atom is 0.146 e. The van der Waals surface area contributed by atoms with Crippen LogP contribution in [0.5, 0.6) is 5.75 Å². The molecule has 3 atom stereocenters. The molecule has 2 rings (SSSR count). The lowest BCUT2D eigenvalue weighted by atomic mass is 10.3. The molecule has 0 saturated heterocycles. The molecule has 0 amide bonds. The first kappa shape index (κ1) is 15.3. The van der Waals surface area contributed by atoms with E-state index < -0.39 is 10.8 Å². The number of nitrogens with zero attached hydrogens (tertiary/aromatic N) is 2. The van der Waals surface area contributed by atoms with Gasteiger partial charge in [-0.15, -0.1) is 11.6 Å². The first-order chi connectivity index (χ1) is 9.45. The first-order valence-corrected chi connectivity index (χ1v) is 8.51. The highest BCUT2D eigenvalue weighted by Gasteiger charge is 2.19. The lowest BCUT2D eigenvalue weighted by Crippen LogP contribution is -2.19. The second kappa shape index (κ2) is 6.14. The fourth-order valence-corrected chi connectivity index (χ4v) is 2.69. The van der Waals surface area contributed by atoms with Gasteiger partial charge in [0.05, 0.1) is 18.0 Å². The van der Waals surface area contributed by atoms with E-state index in [1.54, 1.807) is 13.4 Å². The summed E-state index contributed by atoms with van der Waals surface area (Å²) in [4.78, 5) is 4.60. The van der Waals surface area contributed by atoms with Crippen molar-refractivity contribution < 1.29 is 8.95 Å². The molecule has 0 saturated carbocycles. The summed E-state index contributed by atoms with van der Waals surface area (Å²) in [5.41, 5.74) is 1.76. The van der Waals surface area contributed by atoms with Gasteiger partial charge >= 0.3 is 0 Å². The van der Waals surface area contributed by atoms with Gasteiger partial charge in [-0.05, 0) is 26.0 Å². The number of fused-ring (bicyclic) bond motifs is 1. The highest BCUT2D eigenvalue weighted by atomic mass is 35.5. The largest absolute Gasteiger partial charge is 0.494 e. The zero-order chi connectivity index (χ0) is 14.9. The Morgan fingerprint density at radius 3 is 2.70 bits per heavy atom. The van der Waals surface area contributed by atoms with Crippen LogP contribution in [0.25, 0.3) is 11.0 Å². The molecule has 1 heterocycles. The minimum Gasteiger partial charge on any atom is -0.494 e. The molecular weight excluding hydrogens is 296 g/mol. The molecule has 3 unspecified atom stereocenters. The van der Waals surface area contributed by atoms with E-state index in [1.807, 2.05) is 36.6 Å². The van der Waals surface area contributed by atoms with Gasteiger partial charge in [-0.1, -0.05) is 6.07 Å². The van der Waals surface area contributed by atoms with Crippen LogP contribution in [0.4, 0.5) is 0 Å². The van der Waals surface area contributed by atoms with Crippen LogP contribution in [0.1, 0.15) is 25.0 Å². The lowest BCUT2D eigenvalue weighted by Gasteiger charge is -2.14. The molecule has 0 N–H and O–H groups in total. The molecule has 1 aromatic carbocycles. The average Bonchev–Trinajstić information content (AvgIpc) is 2.77. The summed E-state index contributed by atoms with van der Waals surface area (Å²) in [6, 6.07) is 5.79. The van der Waals surface area contributed by atoms with Crippen molar-refractivity contribution in [1.29, 1.82) is 0 Å². The number of para-hydroxylation sites is 1. The van der Waals surface area contributed by atoms with E-state index in [0.29, 0.717) is 6.54 Å². The van der Waals surface area contributed by atoms with Crippen LogP contribution in [0, 0.1) is 0 Å². The molecule has 0 spiro atoms. The molecule has 2 aromatic rings. The monoisotopic (exact) mass is 314 g/mol. The van der Waals surface area contributed by atoms with Crippen molar-refractivity contribution in [3.8, 4) is 5.75 Å². The Hall–Kier alpha value is -1.07. The molecule has 0 aliphatic carbocycles. The Labute approximate surface area is 126 Å². The summed E-state index contributed by atoms with van der Waals surface area (Å²) >= 11 is 6.24. The summed E-state index contributed by atoms with van der Waals surface area (Å²) in [5.74, 6) is 1.51. The molecule has 0 fully saturated rings. The normalized spacial score (nSPS) is 16.1. The third-order valence-corrected chi connectivity index (χ3v) is 4.83. The number of benzene rings is 1. The van der Waals surface area contributed by atoms with E-state index in [-0.39, 0.29) is 10.6 Å². The standard InChI is InChI=1S/C14H19ClN2O2S/c1-9(20(4)18)8-17-11-6-5-7-12(19-3)13(11)16-14(17)10(2)15/h5-7,9-10H,8H2,1-4H3. The van der Waals surface area contributed by atoms with Gasteiger partial charge in [0.25, 0.3) is 0 Å². The number of aromatic nitrogens is 2. The molecule has 0 aliphatic rings. The molecule has 1 aromatic heterocycles. The van der Waals surface area contributed by atoms with Gasteiger partial charge in [0.15, 0.2) is 0 Å². The Morgan fingerprint density at radius 2 is 2.15 bits per heavy atom. The van der Waals surface area contributed by atoms with Crippen molar-refractivity contribution in [2.75, 3.05) is 13.4 Å². The maximum absolute atomic E-state index is 11.6. The number of hydrogen-bond donors (Lipinski definition) is 0. The van der Waals surface area contributed by atoms with Crippen molar-refractivity contribution in [2.24, 2.45) is 0 Å². The maximum atomic E-state index is 11.6. The lowest BCUT2D eigenvalue weighted by molar-refractivity contribution is 0.419. The molecule has 110 valence electrons. The van der Waals surface area contributed by atoms with E-state index in [9.17, 15) is 4.21 Å². The molecule has 0 bridgehead atoms. The third kappa shape index (κ3) is 2.83. The van der Waals surface area contributed by atoms with Crippen molar-refractivity contribution in [3.05, 3.63) is 24.0 Å². The SMILES string of the molecule is COc1cccc2c1nc(C(C)Cl)n2CC(C)S(C)=O. The molecule has 20 heavy (non-hydrogen) atoms. The summed E-state index contributed by atoms with van der Waals surface area (Å²) < 4.78 is 19.0. The van der Waals surface area contributed by atoms with Crippen LogP contribution in [0.2, 0.25) is 0 Å². The van der Waals surface area contributed by atoms with Gasteiger partial charge < -0.3 is 9.30 Å². The van der Waals surface area contributed by atoms with E-state index in [2.05, 4.69) is 4.98 Å². The smallest absolute Gasteiger partial charge is 0.146 e. The van der Waals surface area contributed by atoms with Crippen molar-refractivity contribution in [1.82, 2.24) is 9.55 Å². The predicted octanol–water partition coefficient (Wildman–Crippen LogP) is 3.11. The molecule has 6 heteroatoms. The predicted molar refractivity (Wildman–Crippen MR) is 84.1 cm³/mol.